The lowest BCUT2D eigenvalue weighted by Crippen LogP contribution is -2.54. The minimum atomic E-state index is -2.30. The van der Waals surface area contributed by atoms with Crippen LogP contribution in [0.4, 0.5) is 0 Å². The van der Waals surface area contributed by atoms with Crippen LogP contribution in [-0.4, -0.2) is 76.5 Å². The molecule has 0 N–H and O–H groups in total. The number of aromatic nitrogens is 4. The number of methoxy groups -OCH3 is 1. The molecule has 1 aliphatic rings. The monoisotopic (exact) mass is 658 g/mol. The average molecular weight is 659 g/mol. The molecule has 240 valence electrons. The van der Waals surface area contributed by atoms with Gasteiger partial charge in [0.15, 0.2) is 42.3 Å². The van der Waals surface area contributed by atoms with Crippen molar-refractivity contribution in [2.75, 3.05) is 13.7 Å². The summed E-state index contributed by atoms with van der Waals surface area (Å²) in [4.78, 5) is 13.4. The van der Waals surface area contributed by atoms with E-state index in [1.54, 1.807) is 13.4 Å². The lowest BCUT2D eigenvalue weighted by molar-refractivity contribution is -0.0470. The van der Waals surface area contributed by atoms with Crippen LogP contribution in [0.5, 0.6) is 5.88 Å². The van der Waals surface area contributed by atoms with Gasteiger partial charge in [-0.2, -0.15) is 9.97 Å². The largest absolute Gasteiger partial charge is 0.479 e. The van der Waals surface area contributed by atoms with Gasteiger partial charge in [-0.15, -0.1) is 0 Å². The van der Waals surface area contributed by atoms with Gasteiger partial charge in [-0.05, 0) is 66.0 Å². The number of halogens is 1. The second kappa shape index (κ2) is 11.8. The summed E-state index contributed by atoms with van der Waals surface area (Å²) in [6, 6.07) is 0. The van der Waals surface area contributed by atoms with Crippen LogP contribution in [0.1, 0.15) is 68.5 Å². The van der Waals surface area contributed by atoms with E-state index >= 15 is 0 Å². The van der Waals surface area contributed by atoms with Crippen LogP contribution in [-0.2, 0) is 18.0 Å². The maximum absolute atomic E-state index is 7.25. The molecule has 1 saturated heterocycles. The van der Waals surface area contributed by atoms with Crippen molar-refractivity contribution in [1.29, 1.82) is 0 Å². The average Bonchev–Trinajstić information content (AvgIpc) is 3.36. The summed E-state index contributed by atoms with van der Waals surface area (Å²) in [6.45, 7) is 34.3. The van der Waals surface area contributed by atoms with Gasteiger partial charge in [0, 0.05) is 0 Å². The van der Waals surface area contributed by atoms with Crippen LogP contribution in [0, 0.1) is 0 Å². The molecule has 13 heteroatoms. The fourth-order valence-corrected chi connectivity index (χ4v) is 7.84. The zero-order valence-corrected chi connectivity index (χ0v) is 32.6. The van der Waals surface area contributed by atoms with E-state index in [2.05, 4.69) is 117 Å². The summed E-state index contributed by atoms with van der Waals surface area (Å²) in [6.07, 6.45) is 0.00887. The molecule has 0 saturated carbocycles. The van der Waals surface area contributed by atoms with Gasteiger partial charge in [0.2, 0.25) is 11.2 Å². The summed E-state index contributed by atoms with van der Waals surface area (Å²) >= 11 is 6.34. The van der Waals surface area contributed by atoms with Crippen LogP contribution in [0.25, 0.3) is 11.2 Å². The summed E-state index contributed by atoms with van der Waals surface area (Å²) in [5.74, 6) is 0.315. The molecule has 1 aliphatic heterocycles. The maximum atomic E-state index is 7.25. The molecule has 0 radical (unpaired) electrons. The summed E-state index contributed by atoms with van der Waals surface area (Å²) in [7, 11) is -5.09. The third kappa shape index (κ3) is 7.16. The van der Waals surface area contributed by atoms with Gasteiger partial charge in [-0.1, -0.05) is 62.3 Å². The van der Waals surface area contributed by atoms with Crippen LogP contribution >= 0.6 is 11.6 Å². The minimum absolute atomic E-state index is 0.00668. The third-order valence-electron chi connectivity index (χ3n) is 10.0. The molecule has 4 atom stereocenters. The van der Waals surface area contributed by atoms with E-state index in [-0.39, 0.29) is 32.6 Å². The van der Waals surface area contributed by atoms with Crippen molar-refractivity contribution >= 4 is 47.7 Å². The van der Waals surface area contributed by atoms with E-state index < -0.39 is 37.3 Å². The predicted octanol–water partition coefficient (Wildman–Crippen LogP) is 8.19. The fourth-order valence-electron chi connectivity index (χ4n) is 4.07. The number of hydrogen-bond acceptors (Lipinski definition) is 8. The smallest absolute Gasteiger partial charge is 0.246 e. The van der Waals surface area contributed by atoms with Gasteiger partial charge in [-0.3, -0.25) is 4.57 Å². The Bertz CT molecular complexity index is 1250. The topological polar surface area (TPSA) is 89.8 Å². The first-order valence-electron chi connectivity index (χ1n) is 14.9. The molecule has 2 aromatic rings. The highest BCUT2D eigenvalue weighted by Crippen LogP contribution is 2.47. The number of hydrogen-bond donors (Lipinski definition) is 0. The van der Waals surface area contributed by atoms with Crippen LogP contribution in [0.3, 0.4) is 0 Å². The minimum Gasteiger partial charge on any atom is -0.479 e. The number of nitrogens with zero attached hydrogens (tertiary/aromatic N) is 4. The molecule has 0 spiro atoms. The number of fused-ring (bicyclic) bond motifs is 1. The van der Waals surface area contributed by atoms with E-state index in [0.717, 1.165) is 0 Å². The van der Waals surface area contributed by atoms with E-state index in [1.165, 1.54) is 0 Å². The first kappa shape index (κ1) is 35.6. The Morgan fingerprint density at radius 3 is 1.79 bits per heavy atom. The van der Waals surface area contributed by atoms with Gasteiger partial charge < -0.3 is 22.8 Å². The van der Waals surface area contributed by atoms with E-state index in [1.807, 2.05) is 4.57 Å². The highest BCUT2D eigenvalue weighted by molar-refractivity contribution is 6.75. The predicted molar refractivity (Wildman–Crippen MR) is 178 cm³/mol. The van der Waals surface area contributed by atoms with Crippen molar-refractivity contribution in [3.8, 4) is 5.88 Å². The van der Waals surface area contributed by atoms with Crippen molar-refractivity contribution in [3.05, 3.63) is 11.6 Å². The van der Waals surface area contributed by atoms with E-state index in [4.69, 9.17) is 34.4 Å². The van der Waals surface area contributed by atoms with Crippen LogP contribution in [0.15, 0.2) is 6.33 Å². The van der Waals surface area contributed by atoms with Gasteiger partial charge >= 0.3 is 0 Å². The van der Waals surface area contributed by atoms with Crippen molar-refractivity contribution in [2.45, 2.75) is 141 Å². The standard InChI is InChI=1S/C29H55ClN4O5Si3/c1-27(2,3)40(11,12)36-17-19-21(38-41(13,14)28(4,5)6)22(39-42(15,16)29(7,8)9)25(37-19)34-18-31-20-23(34)32-26(30)33-24(20)35-10/h18-19,21-22,25H,17H2,1-16H3/t19-,21-,22-,25-/m1/s1. The summed E-state index contributed by atoms with van der Waals surface area (Å²) < 4.78 is 35.6. The Hall–Kier alpha value is -0.869. The summed E-state index contributed by atoms with van der Waals surface area (Å²) in [5, 5.41) is 0.101. The SMILES string of the molecule is COc1nc(Cl)nc2c1ncn2[C@@H]1O[C@H](CO[Si](C)(C)C(C)(C)C)[C@@H](O[Si](C)(C)C(C)(C)C)[C@H]1O[Si](C)(C)C(C)(C)C. The molecule has 42 heavy (non-hydrogen) atoms. The molecule has 0 bridgehead atoms. The molecular formula is C29H55ClN4O5Si3. The van der Waals surface area contributed by atoms with Crippen molar-refractivity contribution in [3.63, 3.8) is 0 Å². The highest BCUT2D eigenvalue weighted by Gasteiger charge is 2.55. The van der Waals surface area contributed by atoms with E-state index in [0.29, 0.717) is 23.7 Å². The molecule has 0 unspecified atom stereocenters. The normalized spacial score (nSPS) is 23.2. The molecule has 0 aromatic carbocycles. The van der Waals surface area contributed by atoms with Crippen LogP contribution < -0.4 is 4.74 Å². The molecule has 0 aliphatic carbocycles. The molecule has 0 amide bonds. The van der Waals surface area contributed by atoms with Crippen molar-refractivity contribution < 1.29 is 22.8 Å². The number of imidazole rings is 1. The summed E-state index contributed by atoms with van der Waals surface area (Å²) in [5.41, 5.74) is 1.04. The molecule has 9 nitrogen and oxygen atoms in total. The number of rotatable bonds is 9. The lowest BCUT2D eigenvalue weighted by Gasteiger charge is -2.44. The second-order valence-electron chi connectivity index (χ2n) is 16.1. The first-order chi connectivity index (χ1) is 18.8. The van der Waals surface area contributed by atoms with Gasteiger partial charge in [0.1, 0.15) is 18.3 Å². The molecule has 3 rings (SSSR count). The Morgan fingerprint density at radius 2 is 1.31 bits per heavy atom. The Kier molecular flexibility index (Phi) is 10.0. The van der Waals surface area contributed by atoms with Crippen molar-refractivity contribution in [1.82, 2.24) is 19.5 Å². The first-order valence-corrected chi connectivity index (χ1v) is 24.0. The van der Waals surface area contributed by atoms with E-state index in [9.17, 15) is 0 Å². The quantitative estimate of drug-likeness (QED) is 0.197. The van der Waals surface area contributed by atoms with Crippen LogP contribution in [0.2, 0.25) is 59.7 Å². The maximum Gasteiger partial charge on any atom is 0.246 e. The number of ether oxygens (including phenoxy) is 2. The van der Waals surface area contributed by atoms with Gasteiger partial charge in [0.25, 0.3) is 0 Å². The van der Waals surface area contributed by atoms with Crippen molar-refractivity contribution in [2.24, 2.45) is 0 Å². The Morgan fingerprint density at radius 1 is 0.810 bits per heavy atom. The van der Waals surface area contributed by atoms with Gasteiger partial charge in [-0.25, -0.2) is 4.98 Å². The highest BCUT2D eigenvalue weighted by atomic mass is 35.5. The van der Waals surface area contributed by atoms with Gasteiger partial charge in [0.05, 0.1) is 20.0 Å². The zero-order chi connectivity index (χ0) is 32.3. The fraction of sp³-hybridized carbons (Fsp3) is 0.828. The third-order valence-corrected chi connectivity index (χ3v) is 23.6. The second-order valence-corrected chi connectivity index (χ2v) is 30.8. The Balaban J connectivity index is 2.19. The molecule has 1 fully saturated rings. The Labute approximate surface area is 261 Å². The lowest BCUT2D eigenvalue weighted by atomic mass is 10.1. The molecule has 2 aromatic heterocycles. The molecular weight excluding hydrogens is 604 g/mol. The zero-order valence-electron chi connectivity index (χ0n) is 28.8. The molecule has 3 heterocycles.